The third-order valence-corrected chi connectivity index (χ3v) is 8.09. The summed E-state index contributed by atoms with van der Waals surface area (Å²) in [4.78, 5) is 27.3. The molecular weight excluding hydrogens is 567 g/mol. The number of morpholine rings is 1. The third kappa shape index (κ3) is 5.17. The van der Waals surface area contributed by atoms with Gasteiger partial charge in [0, 0.05) is 25.4 Å². The minimum Gasteiger partial charge on any atom is -0.480 e. The number of rotatable bonds is 6. The van der Waals surface area contributed by atoms with Crippen LogP contribution in [0.4, 0.5) is 24.7 Å². The van der Waals surface area contributed by atoms with Gasteiger partial charge in [-0.15, -0.1) is 0 Å². The van der Waals surface area contributed by atoms with Gasteiger partial charge >= 0.3 is 12.1 Å². The number of pyridine rings is 2. The van der Waals surface area contributed by atoms with Gasteiger partial charge in [-0.1, -0.05) is 11.6 Å². The van der Waals surface area contributed by atoms with Crippen molar-refractivity contribution in [1.29, 1.82) is 0 Å². The Labute approximate surface area is 238 Å². The Morgan fingerprint density at radius 1 is 1.27 bits per heavy atom. The van der Waals surface area contributed by atoms with Gasteiger partial charge in [0.05, 0.1) is 54.4 Å². The minimum absolute atomic E-state index is 0.00524. The Morgan fingerprint density at radius 3 is 2.73 bits per heavy atom. The largest absolute Gasteiger partial charge is 0.480 e. The fraction of sp³-hybridized carbons (Fsp3) is 0.444. The summed E-state index contributed by atoms with van der Waals surface area (Å²) in [6, 6.07) is 5.52. The molecule has 3 aromatic heterocycles. The molecule has 14 heteroatoms. The van der Waals surface area contributed by atoms with Gasteiger partial charge in [0.15, 0.2) is 0 Å². The van der Waals surface area contributed by atoms with Gasteiger partial charge in [0.2, 0.25) is 5.88 Å². The number of aromatic nitrogens is 3. The van der Waals surface area contributed by atoms with Gasteiger partial charge in [-0.05, 0) is 37.3 Å². The zero-order chi connectivity index (χ0) is 28.9. The summed E-state index contributed by atoms with van der Waals surface area (Å²) in [5.41, 5.74) is -0.345. The summed E-state index contributed by atoms with van der Waals surface area (Å²) in [5, 5.41) is 10.4. The molecule has 2 N–H and O–H groups in total. The van der Waals surface area contributed by atoms with Crippen LogP contribution in [-0.2, 0) is 20.4 Å². The molecule has 6 heterocycles. The van der Waals surface area contributed by atoms with Gasteiger partial charge in [-0.25, -0.2) is 14.8 Å². The number of ether oxygens (including phenoxy) is 3. The molecule has 0 amide bonds. The fourth-order valence-electron chi connectivity index (χ4n) is 5.60. The van der Waals surface area contributed by atoms with Crippen molar-refractivity contribution >= 4 is 29.1 Å². The average molecular weight is 594 g/mol. The van der Waals surface area contributed by atoms with Crippen molar-refractivity contribution in [1.82, 2.24) is 15.0 Å². The summed E-state index contributed by atoms with van der Waals surface area (Å²) in [7, 11) is 0. The number of nitrogens with zero attached hydrogens (tertiary/aromatic N) is 4. The maximum absolute atomic E-state index is 13.8. The summed E-state index contributed by atoms with van der Waals surface area (Å²) in [6.07, 6.45) is -2.35. The van der Waals surface area contributed by atoms with E-state index in [1.807, 2.05) is 6.92 Å². The lowest BCUT2D eigenvalue weighted by molar-refractivity contribution is -0.228. The van der Waals surface area contributed by atoms with E-state index in [4.69, 9.17) is 25.8 Å². The molecule has 6 rings (SSSR count). The molecule has 41 heavy (non-hydrogen) atoms. The van der Waals surface area contributed by atoms with E-state index in [1.165, 1.54) is 11.1 Å². The van der Waals surface area contributed by atoms with Crippen molar-refractivity contribution in [3.63, 3.8) is 0 Å². The highest BCUT2D eigenvalue weighted by Gasteiger charge is 2.50. The van der Waals surface area contributed by atoms with Crippen molar-refractivity contribution in [3.8, 4) is 17.3 Å². The fourth-order valence-corrected chi connectivity index (χ4v) is 5.75. The first-order chi connectivity index (χ1) is 19.5. The zero-order valence-electron chi connectivity index (χ0n) is 21.9. The van der Waals surface area contributed by atoms with E-state index in [2.05, 4.69) is 19.9 Å². The second-order valence-electron chi connectivity index (χ2n) is 10.4. The Bertz CT molecular complexity index is 1440. The van der Waals surface area contributed by atoms with Crippen LogP contribution in [0.5, 0.6) is 5.88 Å². The monoisotopic (exact) mass is 593 g/mol. The van der Waals surface area contributed by atoms with Gasteiger partial charge < -0.3 is 34.1 Å². The highest BCUT2D eigenvalue weighted by atomic mass is 35.5. The van der Waals surface area contributed by atoms with Crippen molar-refractivity contribution in [2.24, 2.45) is 0 Å². The van der Waals surface area contributed by atoms with Crippen molar-refractivity contribution in [2.75, 3.05) is 42.7 Å². The van der Waals surface area contributed by atoms with Crippen LogP contribution < -0.4 is 14.5 Å². The van der Waals surface area contributed by atoms with Crippen LogP contribution in [0, 0.1) is 0 Å². The van der Waals surface area contributed by atoms with Gasteiger partial charge in [-0.3, -0.25) is 0 Å². The number of carboxylic acid groups (broad SMARTS) is 1. The van der Waals surface area contributed by atoms with E-state index >= 15 is 0 Å². The van der Waals surface area contributed by atoms with Crippen LogP contribution in [0.3, 0.4) is 0 Å². The number of alkyl halides is 3. The van der Waals surface area contributed by atoms with E-state index in [1.54, 1.807) is 24.4 Å². The number of carboxylic acids is 1. The Kier molecular flexibility index (Phi) is 6.99. The van der Waals surface area contributed by atoms with Crippen LogP contribution in [0.15, 0.2) is 42.7 Å². The average Bonchev–Trinajstić information content (AvgIpc) is 3.59. The molecule has 10 nitrogen and oxygen atoms in total. The minimum atomic E-state index is -4.66. The molecule has 0 unspecified atom stereocenters. The lowest BCUT2D eigenvalue weighted by Crippen LogP contribution is -2.68. The number of hydrogen-bond acceptors (Lipinski definition) is 8. The molecular formula is C27H27ClF3N5O5. The molecule has 3 aliphatic rings. The predicted molar refractivity (Wildman–Crippen MR) is 142 cm³/mol. The highest BCUT2D eigenvalue weighted by molar-refractivity contribution is 6.30. The van der Waals surface area contributed by atoms with E-state index in [0.717, 1.165) is 12.1 Å². The highest BCUT2D eigenvalue weighted by Crippen LogP contribution is 2.41. The molecule has 0 radical (unpaired) electrons. The first kappa shape index (κ1) is 27.6. The summed E-state index contributed by atoms with van der Waals surface area (Å²) in [5.74, 6) is -1.06. The number of aromatic amines is 1. The van der Waals surface area contributed by atoms with E-state index in [-0.39, 0.29) is 36.4 Å². The quantitative estimate of drug-likeness (QED) is 0.433. The number of H-pyrrole nitrogens is 1. The maximum Gasteiger partial charge on any atom is 0.416 e. The summed E-state index contributed by atoms with van der Waals surface area (Å²) >= 11 is 6.31. The van der Waals surface area contributed by atoms with E-state index in [0.29, 0.717) is 42.8 Å². The number of halogens is 4. The standard InChI is InChI=1S/C27H27ClF3N5O5/c1-15-26(13-39-14-26)40-6-5-35(15)21-9-17(28)11-33-24(21)41-18-10-22(25(37)38)36(12-18)23-8-16(27(29,30)31)7-20(34-23)19-3-2-4-32-19/h2-4,7-9,11,15,18,22,32H,5-6,10,12-14H2,1H3,(H,37,38)/t15-,18-,22-/m0/s1. The summed E-state index contributed by atoms with van der Waals surface area (Å²) < 4.78 is 59.2. The van der Waals surface area contributed by atoms with Crippen LogP contribution in [0.25, 0.3) is 11.4 Å². The van der Waals surface area contributed by atoms with Crippen LogP contribution in [0.1, 0.15) is 18.9 Å². The number of nitrogens with one attached hydrogen (secondary N) is 1. The third-order valence-electron chi connectivity index (χ3n) is 7.89. The predicted octanol–water partition coefficient (Wildman–Crippen LogP) is 4.25. The van der Waals surface area contributed by atoms with Crippen molar-refractivity contribution in [2.45, 2.75) is 43.3 Å². The lowest BCUT2D eigenvalue weighted by Gasteiger charge is -2.53. The molecule has 3 aliphatic heterocycles. The van der Waals surface area contributed by atoms with Gasteiger partial charge in [0.25, 0.3) is 0 Å². The van der Waals surface area contributed by atoms with Crippen LogP contribution >= 0.6 is 11.6 Å². The molecule has 3 aromatic rings. The first-order valence-electron chi connectivity index (χ1n) is 13.1. The molecule has 3 fully saturated rings. The second kappa shape index (κ2) is 10.4. The van der Waals surface area contributed by atoms with Gasteiger partial charge in [-0.2, -0.15) is 13.2 Å². The molecule has 218 valence electrons. The molecule has 0 aliphatic carbocycles. The molecule has 0 aromatic carbocycles. The first-order valence-corrected chi connectivity index (χ1v) is 13.4. The number of hydrogen-bond donors (Lipinski definition) is 2. The number of carbonyl (C=O) groups is 1. The van der Waals surface area contributed by atoms with Crippen molar-refractivity contribution in [3.05, 3.63) is 53.3 Å². The molecule has 1 spiro atoms. The Hall–Kier alpha value is -3.55. The molecule has 0 saturated carbocycles. The van der Waals surface area contributed by atoms with E-state index in [9.17, 15) is 23.1 Å². The summed E-state index contributed by atoms with van der Waals surface area (Å²) in [6.45, 7) is 3.93. The second-order valence-corrected chi connectivity index (χ2v) is 10.9. The Balaban J connectivity index is 1.30. The molecule has 0 bridgehead atoms. The zero-order valence-corrected chi connectivity index (χ0v) is 22.7. The van der Waals surface area contributed by atoms with Crippen LogP contribution in [-0.4, -0.2) is 82.7 Å². The number of anilines is 2. The Morgan fingerprint density at radius 2 is 2.07 bits per heavy atom. The molecule has 3 atom stereocenters. The SMILES string of the molecule is C[C@@H]1N(c2cc(Cl)cnc2O[C@H]2C[C@@H](C(=O)O)N(c3cc(C(F)(F)F)cc(-c4ccc[nH]4)n3)C2)CCOC12COC2. The van der Waals surface area contributed by atoms with Crippen molar-refractivity contribution < 1.29 is 37.3 Å². The maximum atomic E-state index is 13.8. The number of aliphatic carboxylic acids is 1. The lowest BCUT2D eigenvalue weighted by atomic mass is 9.90. The normalized spacial score (nSPS) is 24.0. The van der Waals surface area contributed by atoms with E-state index < -0.39 is 35.5 Å². The van der Waals surface area contributed by atoms with Gasteiger partial charge in [0.1, 0.15) is 29.3 Å². The molecule has 3 saturated heterocycles. The smallest absolute Gasteiger partial charge is 0.416 e. The van der Waals surface area contributed by atoms with Crippen LogP contribution in [0.2, 0.25) is 5.02 Å². The topological polar surface area (TPSA) is 113 Å².